The van der Waals surface area contributed by atoms with Crippen LogP contribution in [-0.2, 0) is 25.7 Å². The molecule has 0 atom stereocenters. The van der Waals surface area contributed by atoms with Crippen LogP contribution in [0.25, 0.3) is 10.9 Å². The first-order valence-corrected chi connectivity index (χ1v) is 9.42. The lowest BCUT2D eigenvalue weighted by atomic mass is 10.0. The van der Waals surface area contributed by atoms with Crippen LogP contribution in [0.5, 0.6) is 0 Å². The predicted molar refractivity (Wildman–Crippen MR) is 107 cm³/mol. The number of urea groups is 1. The Morgan fingerprint density at radius 2 is 1.90 bits per heavy atom. The maximum Gasteiger partial charge on any atom is 0.340 e. The number of imide groups is 1. The number of hydrogen-bond acceptors (Lipinski definition) is 7. The van der Waals surface area contributed by atoms with Gasteiger partial charge in [0, 0.05) is 11.9 Å². The number of ether oxygens (including phenoxy) is 2. The molecule has 30 heavy (non-hydrogen) atoms. The number of aryl methyl sites for hydroxylation is 1. The lowest BCUT2D eigenvalue weighted by Crippen LogP contribution is -2.40. The molecule has 0 unspecified atom stereocenters. The Hall–Kier alpha value is -3.49. The van der Waals surface area contributed by atoms with Gasteiger partial charge in [-0.25, -0.2) is 14.6 Å². The molecule has 1 aliphatic heterocycles. The van der Waals surface area contributed by atoms with E-state index in [1.807, 2.05) is 18.2 Å². The number of carbonyl (C=O) groups is 4. The van der Waals surface area contributed by atoms with Crippen molar-refractivity contribution in [3.05, 3.63) is 41.1 Å². The van der Waals surface area contributed by atoms with Crippen LogP contribution in [-0.4, -0.2) is 53.0 Å². The molecule has 0 aliphatic carbocycles. The maximum absolute atomic E-state index is 12.3. The number of para-hydroxylation sites is 1. The standard InChI is InChI=1S/C21H23N3O6/c1-12-13-7-5-6-8-14(13)22-15(17(12)18(26)29-4)11-30-16(25)9-10-24-19(27)21(2,3)23-20(24)28/h5-8H,9-11H2,1-4H3,(H,23,28). The molecule has 0 radical (unpaired) electrons. The van der Waals surface area contributed by atoms with E-state index in [9.17, 15) is 19.2 Å². The third-order valence-corrected chi connectivity index (χ3v) is 4.97. The van der Waals surface area contributed by atoms with Crippen LogP contribution in [0.1, 0.15) is 41.9 Å². The smallest absolute Gasteiger partial charge is 0.340 e. The monoisotopic (exact) mass is 413 g/mol. The topological polar surface area (TPSA) is 115 Å². The molecule has 3 amide bonds. The van der Waals surface area contributed by atoms with Crippen molar-refractivity contribution in [3.63, 3.8) is 0 Å². The summed E-state index contributed by atoms with van der Waals surface area (Å²) in [5.41, 5.74) is 0.876. The first kappa shape index (κ1) is 21.2. The van der Waals surface area contributed by atoms with Gasteiger partial charge in [0.05, 0.1) is 30.3 Å². The fraction of sp³-hybridized carbons (Fsp3) is 0.381. The largest absolute Gasteiger partial charge is 0.465 e. The van der Waals surface area contributed by atoms with E-state index < -0.39 is 29.4 Å². The third kappa shape index (κ3) is 3.96. The highest BCUT2D eigenvalue weighted by atomic mass is 16.5. The van der Waals surface area contributed by atoms with Gasteiger partial charge in [-0.05, 0) is 32.4 Å². The Morgan fingerprint density at radius 3 is 2.53 bits per heavy atom. The third-order valence-electron chi connectivity index (χ3n) is 4.97. The van der Waals surface area contributed by atoms with Gasteiger partial charge in [-0.2, -0.15) is 0 Å². The van der Waals surface area contributed by atoms with E-state index in [0.29, 0.717) is 11.1 Å². The Labute approximate surface area is 173 Å². The van der Waals surface area contributed by atoms with E-state index in [-0.39, 0.29) is 30.8 Å². The van der Waals surface area contributed by atoms with Crippen molar-refractivity contribution in [3.8, 4) is 0 Å². The van der Waals surface area contributed by atoms with Gasteiger partial charge in [0.25, 0.3) is 5.91 Å². The van der Waals surface area contributed by atoms with Crippen LogP contribution in [0.4, 0.5) is 4.79 Å². The molecule has 1 saturated heterocycles. The number of benzene rings is 1. The highest BCUT2D eigenvalue weighted by Gasteiger charge is 2.44. The summed E-state index contributed by atoms with van der Waals surface area (Å²) in [6.07, 6.45) is -0.171. The first-order valence-electron chi connectivity index (χ1n) is 9.42. The average molecular weight is 413 g/mol. The number of nitrogens with one attached hydrogen (secondary N) is 1. The molecule has 9 nitrogen and oxygen atoms in total. The highest BCUT2D eigenvalue weighted by molar-refractivity contribution is 6.06. The molecule has 1 aromatic carbocycles. The fourth-order valence-electron chi connectivity index (χ4n) is 3.36. The molecule has 158 valence electrons. The van der Waals surface area contributed by atoms with E-state index >= 15 is 0 Å². The number of fused-ring (bicyclic) bond motifs is 1. The van der Waals surface area contributed by atoms with Gasteiger partial charge in [0.2, 0.25) is 0 Å². The van der Waals surface area contributed by atoms with Gasteiger partial charge in [0.1, 0.15) is 12.1 Å². The zero-order chi connectivity index (χ0) is 22.1. The van der Waals surface area contributed by atoms with Gasteiger partial charge in [-0.15, -0.1) is 0 Å². The zero-order valence-corrected chi connectivity index (χ0v) is 17.3. The summed E-state index contributed by atoms with van der Waals surface area (Å²) < 4.78 is 10.1. The number of hydrogen-bond donors (Lipinski definition) is 1. The highest BCUT2D eigenvalue weighted by Crippen LogP contribution is 2.24. The Balaban J connectivity index is 1.72. The molecule has 0 spiro atoms. The summed E-state index contributed by atoms with van der Waals surface area (Å²) >= 11 is 0. The van der Waals surface area contributed by atoms with Gasteiger partial charge < -0.3 is 14.8 Å². The SMILES string of the molecule is COC(=O)c1c(COC(=O)CCN2C(=O)NC(C)(C)C2=O)nc2ccccc2c1C. The van der Waals surface area contributed by atoms with Crippen molar-refractivity contribution >= 4 is 34.8 Å². The van der Waals surface area contributed by atoms with Gasteiger partial charge >= 0.3 is 18.0 Å². The van der Waals surface area contributed by atoms with Crippen LogP contribution in [0.3, 0.4) is 0 Å². The lowest BCUT2D eigenvalue weighted by Gasteiger charge is -2.16. The van der Waals surface area contributed by atoms with Gasteiger partial charge in [-0.3, -0.25) is 14.5 Å². The molecular formula is C21H23N3O6. The van der Waals surface area contributed by atoms with Crippen LogP contribution in [0.2, 0.25) is 0 Å². The number of nitrogens with zero attached hydrogens (tertiary/aromatic N) is 2. The molecule has 1 aromatic heterocycles. The summed E-state index contributed by atoms with van der Waals surface area (Å²) in [5, 5.41) is 3.35. The molecule has 1 N–H and O–H groups in total. The van der Waals surface area contributed by atoms with Crippen molar-refractivity contribution in [2.75, 3.05) is 13.7 Å². The summed E-state index contributed by atoms with van der Waals surface area (Å²) in [4.78, 5) is 54.0. The van der Waals surface area contributed by atoms with Crippen LogP contribution in [0, 0.1) is 6.92 Å². The Bertz CT molecular complexity index is 1050. The Morgan fingerprint density at radius 1 is 1.20 bits per heavy atom. The number of methoxy groups -OCH3 is 1. The molecule has 0 saturated carbocycles. The summed E-state index contributed by atoms with van der Waals surface area (Å²) in [5.74, 6) is -1.60. The predicted octanol–water partition coefficient (Wildman–Crippen LogP) is 2.09. The molecule has 1 fully saturated rings. The molecular weight excluding hydrogens is 390 g/mol. The van der Waals surface area contributed by atoms with Gasteiger partial charge in [0.15, 0.2) is 0 Å². The minimum absolute atomic E-state index is 0.0963. The number of esters is 2. The van der Waals surface area contributed by atoms with Crippen molar-refractivity contribution < 1.29 is 28.7 Å². The van der Waals surface area contributed by atoms with E-state index in [4.69, 9.17) is 9.47 Å². The van der Waals surface area contributed by atoms with E-state index in [0.717, 1.165) is 10.3 Å². The van der Waals surface area contributed by atoms with Crippen LogP contribution < -0.4 is 5.32 Å². The second kappa shape index (κ2) is 8.10. The average Bonchev–Trinajstić information content (AvgIpc) is 2.91. The quantitative estimate of drug-likeness (QED) is 0.570. The van der Waals surface area contributed by atoms with E-state index in [1.165, 1.54) is 7.11 Å². The van der Waals surface area contributed by atoms with E-state index in [2.05, 4.69) is 10.3 Å². The van der Waals surface area contributed by atoms with Crippen LogP contribution in [0.15, 0.2) is 24.3 Å². The second-order valence-corrected chi connectivity index (χ2v) is 7.49. The molecule has 0 bridgehead atoms. The molecule has 9 heteroatoms. The second-order valence-electron chi connectivity index (χ2n) is 7.49. The first-order chi connectivity index (χ1) is 14.2. The maximum atomic E-state index is 12.3. The minimum atomic E-state index is -0.997. The minimum Gasteiger partial charge on any atom is -0.465 e. The zero-order valence-electron chi connectivity index (χ0n) is 17.3. The molecule has 3 rings (SSSR count). The summed E-state index contributed by atoms with van der Waals surface area (Å²) in [7, 11) is 1.27. The molecule has 2 heterocycles. The number of aromatic nitrogens is 1. The van der Waals surface area contributed by atoms with Crippen molar-refractivity contribution in [2.45, 2.75) is 39.3 Å². The number of rotatable bonds is 6. The summed E-state index contributed by atoms with van der Waals surface area (Å²) in [6, 6.07) is 6.77. The number of carbonyl (C=O) groups excluding carboxylic acids is 4. The lowest BCUT2D eigenvalue weighted by molar-refractivity contribution is -0.145. The fourth-order valence-corrected chi connectivity index (χ4v) is 3.36. The van der Waals surface area contributed by atoms with Crippen molar-refractivity contribution in [1.29, 1.82) is 0 Å². The normalized spacial score (nSPS) is 15.3. The van der Waals surface area contributed by atoms with Crippen LogP contribution >= 0.6 is 0 Å². The van der Waals surface area contributed by atoms with Crippen molar-refractivity contribution in [1.82, 2.24) is 15.2 Å². The van der Waals surface area contributed by atoms with E-state index in [1.54, 1.807) is 26.8 Å². The van der Waals surface area contributed by atoms with Gasteiger partial charge in [-0.1, -0.05) is 18.2 Å². The number of pyridine rings is 1. The molecule has 2 aromatic rings. The Kier molecular flexibility index (Phi) is 5.73. The summed E-state index contributed by atoms with van der Waals surface area (Å²) in [6.45, 7) is 4.63. The number of amides is 3. The van der Waals surface area contributed by atoms with Crippen molar-refractivity contribution in [2.24, 2.45) is 0 Å². The molecule has 1 aliphatic rings.